The molecule has 0 aromatic rings. The van der Waals surface area contributed by atoms with E-state index in [2.05, 4.69) is 6.58 Å². The average Bonchev–Trinajstić information content (AvgIpc) is 2.25. The van der Waals surface area contributed by atoms with Gasteiger partial charge in [-0.1, -0.05) is 12.2 Å². The Labute approximate surface area is 109 Å². The Hall–Kier alpha value is -1.05. The molecule has 4 saturated carbocycles. The Balaban J connectivity index is 1.91. The lowest BCUT2D eigenvalue weighted by Gasteiger charge is -2.55. The van der Waals surface area contributed by atoms with Crippen molar-refractivity contribution in [3.05, 3.63) is 23.8 Å². The van der Waals surface area contributed by atoms with Gasteiger partial charge in [0.2, 0.25) is 0 Å². The zero-order valence-corrected chi connectivity index (χ0v) is 11.1. The van der Waals surface area contributed by atoms with Crippen LogP contribution in [0.1, 0.15) is 39.0 Å². The molecule has 0 aromatic heterocycles. The van der Waals surface area contributed by atoms with Crippen molar-refractivity contribution < 1.29 is 9.90 Å². The van der Waals surface area contributed by atoms with Gasteiger partial charge in [0.15, 0.2) is 0 Å². The van der Waals surface area contributed by atoms with Crippen LogP contribution in [0.25, 0.3) is 0 Å². The van der Waals surface area contributed by atoms with E-state index in [-0.39, 0.29) is 0 Å². The standard InChI is InChI=1S/C16H22O2/c1-9(2)14(8-15(17)18)16-12-4-10-3-11(6-12)7-13(16)5-10/h8,10-13,16H,1,3-7H2,2H3,(H,17,18)/b14-8-. The first-order valence-electron chi connectivity index (χ1n) is 7.15. The van der Waals surface area contributed by atoms with E-state index >= 15 is 0 Å². The Morgan fingerprint density at radius 2 is 1.61 bits per heavy atom. The maximum absolute atomic E-state index is 11.0. The smallest absolute Gasteiger partial charge is 0.328 e. The van der Waals surface area contributed by atoms with Gasteiger partial charge in [-0.05, 0) is 74.2 Å². The predicted molar refractivity (Wildman–Crippen MR) is 71.1 cm³/mol. The SMILES string of the molecule is C=C(C)/C(=C/C(=O)O)C1C2CC3CC(C2)CC1C3. The summed E-state index contributed by atoms with van der Waals surface area (Å²) in [5.41, 5.74) is 1.98. The Morgan fingerprint density at radius 1 is 1.11 bits per heavy atom. The second-order valence-corrected chi connectivity index (χ2v) is 6.67. The molecule has 0 aromatic carbocycles. The highest BCUT2D eigenvalue weighted by molar-refractivity contribution is 5.81. The van der Waals surface area contributed by atoms with Crippen LogP contribution in [0.3, 0.4) is 0 Å². The lowest BCUT2D eigenvalue weighted by molar-refractivity contribution is -0.131. The first-order valence-corrected chi connectivity index (χ1v) is 7.15. The van der Waals surface area contributed by atoms with Crippen molar-refractivity contribution in [2.75, 3.05) is 0 Å². The molecular formula is C16H22O2. The molecule has 0 saturated heterocycles. The summed E-state index contributed by atoms with van der Waals surface area (Å²) in [7, 11) is 0. The van der Waals surface area contributed by atoms with Crippen molar-refractivity contribution in [2.45, 2.75) is 39.0 Å². The van der Waals surface area contributed by atoms with Crippen LogP contribution in [0.4, 0.5) is 0 Å². The first-order chi connectivity index (χ1) is 8.54. The fourth-order valence-corrected chi connectivity index (χ4v) is 5.07. The van der Waals surface area contributed by atoms with Crippen molar-refractivity contribution in [2.24, 2.45) is 29.6 Å². The van der Waals surface area contributed by atoms with E-state index in [1.807, 2.05) is 6.92 Å². The van der Waals surface area contributed by atoms with Crippen LogP contribution in [0.15, 0.2) is 23.8 Å². The number of aliphatic carboxylic acids is 1. The topological polar surface area (TPSA) is 37.3 Å². The van der Waals surface area contributed by atoms with Gasteiger partial charge < -0.3 is 5.11 Å². The molecule has 0 aliphatic heterocycles. The molecule has 0 spiro atoms. The van der Waals surface area contributed by atoms with Crippen LogP contribution in [0.5, 0.6) is 0 Å². The van der Waals surface area contributed by atoms with E-state index in [1.54, 1.807) is 0 Å². The summed E-state index contributed by atoms with van der Waals surface area (Å²) < 4.78 is 0. The van der Waals surface area contributed by atoms with Crippen molar-refractivity contribution in [3.8, 4) is 0 Å². The minimum absolute atomic E-state index is 0.478. The van der Waals surface area contributed by atoms with Gasteiger partial charge in [-0.2, -0.15) is 0 Å². The van der Waals surface area contributed by atoms with Gasteiger partial charge in [0.05, 0.1) is 0 Å². The fraction of sp³-hybridized carbons (Fsp3) is 0.688. The molecule has 4 fully saturated rings. The Morgan fingerprint density at radius 3 is 2.00 bits per heavy atom. The van der Waals surface area contributed by atoms with Crippen molar-refractivity contribution in [3.63, 3.8) is 0 Å². The number of carboxylic acids is 1. The highest BCUT2D eigenvalue weighted by Crippen LogP contribution is 2.58. The van der Waals surface area contributed by atoms with Gasteiger partial charge in [-0.15, -0.1) is 0 Å². The summed E-state index contributed by atoms with van der Waals surface area (Å²) in [5.74, 6) is 2.97. The third-order valence-electron chi connectivity index (χ3n) is 5.36. The van der Waals surface area contributed by atoms with E-state index in [9.17, 15) is 4.79 Å². The minimum Gasteiger partial charge on any atom is -0.478 e. The number of carboxylic acid groups (broad SMARTS) is 1. The molecule has 4 aliphatic rings. The number of allylic oxidation sites excluding steroid dienone is 2. The van der Waals surface area contributed by atoms with Crippen LogP contribution < -0.4 is 0 Å². The molecule has 1 N–H and O–H groups in total. The molecule has 0 radical (unpaired) electrons. The van der Waals surface area contributed by atoms with Crippen LogP contribution in [-0.2, 0) is 4.79 Å². The van der Waals surface area contributed by atoms with Gasteiger partial charge in [-0.3, -0.25) is 0 Å². The average molecular weight is 246 g/mol. The van der Waals surface area contributed by atoms with Gasteiger partial charge >= 0.3 is 5.97 Å². The zero-order chi connectivity index (χ0) is 12.9. The van der Waals surface area contributed by atoms with Crippen molar-refractivity contribution in [1.29, 1.82) is 0 Å². The highest BCUT2D eigenvalue weighted by Gasteiger charge is 2.49. The zero-order valence-electron chi connectivity index (χ0n) is 11.1. The van der Waals surface area contributed by atoms with Crippen LogP contribution >= 0.6 is 0 Å². The molecule has 2 nitrogen and oxygen atoms in total. The molecule has 0 amide bonds. The second-order valence-electron chi connectivity index (χ2n) is 6.67. The molecular weight excluding hydrogens is 224 g/mol. The monoisotopic (exact) mass is 246 g/mol. The number of carbonyl (C=O) groups is 1. The van der Waals surface area contributed by atoms with Crippen LogP contribution in [0.2, 0.25) is 0 Å². The van der Waals surface area contributed by atoms with E-state index in [0.717, 1.165) is 34.8 Å². The third-order valence-corrected chi connectivity index (χ3v) is 5.36. The van der Waals surface area contributed by atoms with E-state index in [1.165, 1.54) is 38.2 Å². The lowest BCUT2D eigenvalue weighted by Crippen LogP contribution is -2.45. The van der Waals surface area contributed by atoms with Crippen molar-refractivity contribution >= 4 is 5.97 Å². The molecule has 4 aliphatic carbocycles. The maximum Gasteiger partial charge on any atom is 0.328 e. The number of hydrogen-bond acceptors (Lipinski definition) is 1. The molecule has 4 bridgehead atoms. The van der Waals surface area contributed by atoms with Gasteiger partial charge in [0, 0.05) is 6.08 Å². The predicted octanol–water partition coefficient (Wildman–Crippen LogP) is 3.65. The summed E-state index contributed by atoms with van der Waals surface area (Å²) in [6.45, 7) is 5.97. The van der Waals surface area contributed by atoms with E-state index in [0.29, 0.717) is 5.92 Å². The fourth-order valence-electron chi connectivity index (χ4n) is 5.07. The molecule has 18 heavy (non-hydrogen) atoms. The molecule has 0 unspecified atom stereocenters. The summed E-state index contributed by atoms with van der Waals surface area (Å²) in [6.07, 6.45) is 8.15. The van der Waals surface area contributed by atoms with Gasteiger partial charge in [0.25, 0.3) is 0 Å². The normalized spacial score (nSPS) is 42.1. The molecule has 2 heteroatoms. The summed E-state index contributed by atoms with van der Waals surface area (Å²) in [5, 5.41) is 9.07. The highest BCUT2D eigenvalue weighted by atomic mass is 16.4. The van der Waals surface area contributed by atoms with Crippen LogP contribution in [-0.4, -0.2) is 11.1 Å². The third kappa shape index (κ3) is 1.92. The Kier molecular flexibility index (Phi) is 2.84. The molecule has 98 valence electrons. The quantitative estimate of drug-likeness (QED) is 0.609. The number of hydrogen-bond donors (Lipinski definition) is 1. The lowest BCUT2D eigenvalue weighted by atomic mass is 9.50. The van der Waals surface area contributed by atoms with E-state index in [4.69, 9.17) is 5.11 Å². The second kappa shape index (κ2) is 4.25. The summed E-state index contributed by atoms with van der Waals surface area (Å²) in [6, 6.07) is 0. The van der Waals surface area contributed by atoms with Gasteiger partial charge in [-0.25, -0.2) is 4.79 Å². The minimum atomic E-state index is -0.818. The summed E-state index contributed by atoms with van der Waals surface area (Å²) >= 11 is 0. The van der Waals surface area contributed by atoms with Crippen molar-refractivity contribution in [1.82, 2.24) is 0 Å². The largest absolute Gasteiger partial charge is 0.478 e. The molecule has 4 rings (SSSR count). The van der Waals surface area contributed by atoms with Gasteiger partial charge in [0.1, 0.15) is 0 Å². The van der Waals surface area contributed by atoms with Crippen LogP contribution in [0, 0.1) is 29.6 Å². The summed E-state index contributed by atoms with van der Waals surface area (Å²) in [4.78, 5) is 11.0. The maximum atomic E-state index is 11.0. The Bertz CT molecular complexity index is 391. The first kappa shape index (κ1) is 12.0. The molecule has 0 heterocycles. The molecule has 0 atom stereocenters. The van der Waals surface area contributed by atoms with E-state index < -0.39 is 5.97 Å². The number of rotatable bonds is 3.